The van der Waals surface area contributed by atoms with Crippen molar-refractivity contribution in [1.29, 1.82) is 0 Å². The van der Waals surface area contributed by atoms with E-state index in [0.717, 1.165) is 0 Å². The summed E-state index contributed by atoms with van der Waals surface area (Å²) in [7, 11) is 1.59. The van der Waals surface area contributed by atoms with Crippen molar-refractivity contribution in [3.05, 3.63) is 52.5 Å². The second-order valence-electron chi connectivity index (χ2n) is 8.35. The normalized spacial score (nSPS) is 11.0. The van der Waals surface area contributed by atoms with Gasteiger partial charge in [-0.15, -0.1) is 0 Å². The number of ether oxygens (including phenoxy) is 1. The van der Waals surface area contributed by atoms with Crippen LogP contribution in [0.25, 0.3) is 0 Å². The number of nitrogens with zero attached hydrogens (tertiary/aromatic N) is 1. The van der Waals surface area contributed by atoms with Crippen molar-refractivity contribution in [2.45, 2.75) is 33.6 Å². The molecule has 8 heteroatoms. The fourth-order valence-corrected chi connectivity index (χ4v) is 3.18. The van der Waals surface area contributed by atoms with E-state index < -0.39 is 0 Å². The van der Waals surface area contributed by atoms with Crippen molar-refractivity contribution in [1.82, 2.24) is 5.32 Å². The summed E-state index contributed by atoms with van der Waals surface area (Å²) in [4.78, 5) is 26.6. The van der Waals surface area contributed by atoms with Crippen LogP contribution in [0.15, 0.2) is 42.5 Å². The van der Waals surface area contributed by atoms with Crippen LogP contribution in [0.1, 0.15) is 33.6 Å². The standard InChI is InChI=1S/C23H29Cl2N3O3/c1-23(2,3)15-21(29)26-12-5-13-28(17-7-9-18(31-4)10-8-17)22(30)27-16-6-11-19(24)20(25)14-16/h6-11,14H,5,12-13,15H2,1-4H3,(H,26,29)(H,27,30). The van der Waals surface area contributed by atoms with Crippen molar-refractivity contribution in [3.63, 3.8) is 0 Å². The molecule has 0 spiro atoms. The Balaban J connectivity index is 2.06. The summed E-state index contributed by atoms with van der Waals surface area (Å²) in [6.07, 6.45) is 1.05. The number of halogens is 2. The van der Waals surface area contributed by atoms with Crippen LogP contribution in [0.2, 0.25) is 10.0 Å². The number of urea groups is 1. The zero-order valence-corrected chi connectivity index (χ0v) is 19.8. The van der Waals surface area contributed by atoms with E-state index >= 15 is 0 Å². The van der Waals surface area contributed by atoms with Gasteiger partial charge in [0.1, 0.15) is 5.75 Å². The molecule has 0 heterocycles. The predicted octanol–water partition coefficient (Wildman–Crippen LogP) is 5.98. The van der Waals surface area contributed by atoms with E-state index in [2.05, 4.69) is 10.6 Å². The smallest absolute Gasteiger partial charge is 0.326 e. The number of benzene rings is 2. The molecule has 0 saturated heterocycles. The molecular weight excluding hydrogens is 437 g/mol. The third-order valence-electron chi connectivity index (χ3n) is 4.37. The fourth-order valence-electron chi connectivity index (χ4n) is 2.88. The predicted molar refractivity (Wildman–Crippen MR) is 128 cm³/mol. The van der Waals surface area contributed by atoms with Gasteiger partial charge in [0.15, 0.2) is 0 Å². The number of carbonyl (C=O) groups excluding carboxylic acids is 2. The van der Waals surface area contributed by atoms with E-state index in [-0.39, 0.29) is 17.4 Å². The molecule has 0 unspecified atom stereocenters. The molecule has 2 aromatic carbocycles. The first-order valence-electron chi connectivity index (χ1n) is 10.0. The lowest BCUT2D eigenvalue weighted by Gasteiger charge is -2.24. The average Bonchev–Trinajstić information content (AvgIpc) is 2.69. The number of hydrogen-bond acceptors (Lipinski definition) is 3. The number of hydrogen-bond donors (Lipinski definition) is 2. The van der Waals surface area contributed by atoms with Gasteiger partial charge in [0.05, 0.1) is 17.2 Å². The zero-order valence-electron chi connectivity index (χ0n) is 18.3. The highest BCUT2D eigenvalue weighted by molar-refractivity contribution is 6.42. The number of nitrogens with one attached hydrogen (secondary N) is 2. The van der Waals surface area contributed by atoms with Gasteiger partial charge in [-0.2, -0.15) is 0 Å². The molecule has 0 aliphatic heterocycles. The highest BCUT2D eigenvalue weighted by Gasteiger charge is 2.18. The first-order chi connectivity index (χ1) is 14.6. The second-order valence-corrected chi connectivity index (χ2v) is 9.16. The van der Waals surface area contributed by atoms with Crippen LogP contribution in [0, 0.1) is 5.41 Å². The molecule has 168 valence electrons. The monoisotopic (exact) mass is 465 g/mol. The first kappa shape index (κ1) is 24.8. The lowest BCUT2D eigenvalue weighted by atomic mass is 9.92. The Morgan fingerprint density at radius 1 is 1.03 bits per heavy atom. The Labute approximate surface area is 193 Å². The van der Waals surface area contributed by atoms with E-state index in [4.69, 9.17) is 27.9 Å². The average molecular weight is 466 g/mol. The van der Waals surface area contributed by atoms with Gasteiger partial charge in [0.2, 0.25) is 5.91 Å². The SMILES string of the molecule is COc1ccc(N(CCCNC(=O)CC(C)(C)C)C(=O)Nc2ccc(Cl)c(Cl)c2)cc1. The minimum atomic E-state index is -0.315. The van der Waals surface area contributed by atoms with Crippen LogP contribution in [0.5, 0.6) is 5.75 Å². The van der Waals surface area contributed by atoms with Crippen molar-refractivity contribution in [2.24, 2.45) is 5.41 Å². The maximum Gasteiger partial charge on any atom is 0.326 e. The van der Waals surface area contributed by atoms with Crippen LogP contribution < -0.4 is 20.3 Å². The number of amides is 3. The van der Waals surface area contributed by atoms with Gasteiger partial charge in [0.25, 0.3) is 0 Å². The molecule has 2 N–H and O–H groups in total. The summed E-state index contributed by atoms with van der Waals surface area (Å²) in [5.74, 6) is 0.701. The molecule has 6 nitrogen and oxygen atoms in total. The highest BCUT2D eigenvalue weighted by atomic mass is 35.5. The third-order valence-corrected chi connectivity index (χ3v) is 5.11. The summed E-state index contributed by atoms with van der Waals surface area (Å²) < 4.78 is 5.20. The number of methoxy groups -OCH3 is 1. The Hall–Kier alpha value is -2.44. The largest absolute Gasteiger partial charge is 0.497 e. The van der Waals surface area contributed by atoms with Gasteiger partial charge in [-0.3, -0.25) is 9.69 Å². The Kier molecular flexibility index (Phi) is 9.01. The van der Waals surface area contributed by atoms with Gasteiger partial charge in [-0.05, 0) is 54.3 Å². The molecule has 0 fully saturated rings. The molecule has 2 rings (SSSR count). The first-order valence-corrected chi connectivity index (χ1v) is 10.8. The van der Waals surface area contributed by atoms with Gasteiger partial charge in [-0.25, -0.2) is 4.79 Å². The quantitative estimate of drug-likeness (QED) is 0.470. The van der Waals surface area contributed by atoms with Crippen LogP contribution in [0.4, 0.5) is 16.2 Å². The summed E-state index contributed by atoms with van der Waals surface area (Å²) in [6, 6.07) is 11.8. The number of anilines is 2. The molecule has 0 radical (unpaired) electrons. The van der Waals surface area contributed by atoms with Gasteiger partial charge < -0.3 is 15.4 Å². The molecule has 0 aliphatic rings. The van der Waals surface area contributed by atoms with E-state index in [9.17, 15) is 9.59 Å². The van der Waals surface area contributed by atoms with Crippen molar-refractivity contribution in [3.8, 4) is 5.75 Å². The topological polar surface area (TPSA) is 70.7 Å². The third kappa shape index (κ3) is 8.31. The molecular formula is C23H29Cl2N3O3. The van der Waals surface area contributed by atoms with E-state index in [0.29, 0.717) is 53.1 Å². The second kappa shape index (κ2) is 11.3. The van der Waals surface area contributed by atoms with Gasteiger partial charge in [0, 0.05) is 30.9 Å². The van der Waals surface area contributed by atoms with Crippen molar-refractivity contribution >= 4 is 46.5 Å². The van der Waals surface area contributed by atoms with Gasteiger partial charge >= 0.3 is 6.03 Å². The molecule has 0 atom stereocenters. The maximum atomic E-state index is 13.0. The Bertz CT molecular complexity index is 896. The molecule has 0 aromatic heterocycles. The molecule has 0 aliphatic carbocycles. The number of rotatable bonds is 8. The minimum Gasteiger partial charge on any atom is -0.497 e. The Morgan fingerprint density at radius 3 is 2.29 bits per heavy atom. The van der Waals surface area contributed by atoms with Crippen LogP contribution in [0.3, 0.4) is 0 Å². The van der Waals surface area contributed by atoms with Crippen molar-refractivity contribution < 1.29 is 14.3 Å². The lowest BCUT2D eigenvalue weighted by molar-refractivity contribution is -0.122. The van der Waals surface area contributed by atoms with Crippen molar-refractivity contribution in [2.75, 3.05) is 30.4 Å². The summed E-state index contributed by atoms with van der Waals surface area (Å²) in [5, 5.41) is 6.53. The summed E-state index contributed by atoms with van der Waals surface area (Å²) in [6.45, 7) is 6.94. The Morgan fingerprint density at radius 2 is 1.71 bits per heavy atom. The maximum absolute atomic E-state index is 13.0. The molecule has 0 bridgehead atoms. The zero-order chi connectivity index (χ0) is 23.0. The van der Waals surface area contributed by atoms with E-state index in [1.54, 1.807) is 42.3 Å². The van der Waals surface area contributed by atoms with Crippen LogP contribution >= 0.6 is 23.2 Å². The van der Waals surface area contributed by atoms with Crippen LogP contribution in [-0.4, -0.2) is 32.1 Å². The molecule has 3 amide bonds. The summed E-state index contributed by atoms with van der Waals surface area (Å²) in [5.41, 5.74) is 1.18. The number of carbonyl (C=O) groups is 2. The molecule has 31 heavy (non-hydrogen) atoms. The fraction of sp³-hybridized carbons (Fsp3) is 0.391. The van der Waals surface area contributed by atoms with E-state index in [1.807, 2.05) is 32.9 Å². The lowest BCUT2D eigenvalue weighted by Crippen LogP contribution is -2.37. The highest BCUT2D eigenvalue weighted by Crippen LogP contribution is 2.26. The molecule has 2 aromatic rings. The molecule has 0 saturated carbocycles. The van der Waals surface area contributed by atoms with E-state index in [1.165, 1.54) is 0 Å². The summed E-state index contributed by atoms with van der Waals surface area (Å²) >= 11 is 12.0. The van der Waals surface area contributed by atoms with Gasteiger partial charge in [-0.1, -0.05) is 44.0 Å². The minimum absolute atomic E-state index is 0.00348. The van der Waals surface area contributed by atoms with Crippen LogP contribution in [-0.2, 0) is 4.79 Å².